The molecule has 0 bridgehead atoms. The molecule has 2 aromatic rings. The average Bonchev–Trinajstić information content (AvgIpc) is 4.14. The number of rotatable bonds is 11. The zero-order valence-electron chi connectivity index (χ0n) is 37.2. The lowest BCUT2D eigenvalue weighted by Crippen LogP contribution is -2.53. The van der Waals surface area contributed by atoms with Gasteiger partial charge in [-0.05, 0) is 87.5 Å². The van der Waals surface area contributed by atoms with Gasteiger partial charge >= 0.3 is 12.2 Å². The molecule has 6 atom stereocenters. The summed E-state index contributed by atoms with van der Waals surface area (Å²) in [5.74, 6) is -1.12. The molecule has 2 N–H and O–H groups in total. The maximum Gasteiger partial charge on any atom is 0.407 e. The molecule has 1 spiro atoms. The van der Waals surface area contributed by atoms with Crippen LogP contribution in [0.15, 0.2) is 58.8 Å². The van der Waals surface area contributed by atoms with Crippen LogP contribution >= 0.6 is 0 Å². The van der Waals surface area contributed by atoms with Gasteiger partial charge in [-0.25, -0.2) is 18.4 Å². The number of benzene rings is 2. The summed E-state index contributed by atoms with van der Waals surface area (Å²) < 4.78 is 39.6. The molecule has 4 amide bonds. The summed E-state index contributed by atoms with van der Waals surface area (Å²) in [6.45, 7) is 7.25. The molecule has 336 valence electrons. The van der Waals surface area contributed by atoms with Crippen molar-refractivity contribution < 1.29 is 37.4 Å². The van der Waals surface area contributed by atoms with Crippen LogP contribution in [-0.2, 0) is 31.9 Å². The number of halogens is 2. The zero-order valence-corrected chi connectivity index (χ0v) is 37.2. The highest BCUT2D eigenvalue weighted by atomic mass is 19.1. The Hall–Kier alpha value is -5.40. The molecule has 0 radical (unpaired) electrons. The summed E-state index contributed by atoms with van der Waals surface area (Å²) in [6.07, 6.45) is 8.12. The fourth-order valence-electron chi connectivity index (χ4n) is 10.9. The fraction of sp³-hybridized carbons (Fsp3) is 0.551. The van der Waals surface area contributed by atoms with E-state index in [0.29, 0.717) is 12.8 Å². The Morgan fingerprint density at radius 2 is 1.11 bits per heavy atom. The van der Waals surface area contributed by atoms with E-state index in [1.807, 2.05) is 40.1 Å². The molecule has 3 fully saturated rings. The van der Waals surface area contributed by atoms with Crippen molar-refractivity contribution >= 4 is 46.6 Å². The number of alkyl carbamates (subject to hydrolysis) is 2. The van der Waals surface area contributed by atoms with Crippen molar-refractivity contribution in [1.82, 2.24) is 20.4 Å². The van der Waals surface area contributed by atoms with Crippen LogP contribution in [0.25, 0.3) is 22.3 Å². The third kappa shape index (κ3) is 8.78. The number of hydrogen-bond donors (Lipinski definition) is 2. The first-order chi connectivity index (χ1) is 30.2. The summed E-state index contributed by atoms with van der Waals surface area (Å²) in [7, 11) is 2.50. The first-order valence-corrected chi connectivity index (χ1v) is 22.5. The monoisotopic (exact) mass is 866 g/mol. The number of nitrogens with one attached hydrogen (secondary N) is 2. The number of alkyl halides is 2. The fourth-order valence-corrected chi connectivity index (χ4v) is 10.9. The van der Waals surface area contributed by atoms with E-state index >= 15 is 4.39 Å². The van der Waals surface area contributed by atoms with E-state index < -0.39 is 48.7 Å². The summed E-state index contributed by atoms with van der Waals surface area (Å²) in [5, 5.41) is 5.28. The van der Waals surface area contributed by atoms with E-state index in [1.165, 1.54) is 67.1 Å². The van der Waals surface area contributed by atoms with Crippen LogP contribution < -0.4 is 10.6 Å². The van der Waals surface area contributed by atoms with Crippen molar-refractivity contribution in [2.45, 2.75) is 128 Å². The zero-order chi connectivity index (χ0) is 44.7. The van der Waals surface area contributed by atoms with Gasteiger partial charge in [0, 0.05) is 49.5 Å². The third-order valence-corrected chi connectivity index (χ3v) is 14.2. The predicted molar refractivity (Wildman–Crippen MR) is 239 cm³/mol. The number of aliphatic imine (C=N–C) groups is 2. The molecule has 2 aliphatic carbocycles. The summed E-state index contributed by atoms with van der Waals surface area (Å²) in [5.41, 5.74) is 11.0. The largest absolute Gasteiger partial charge is 0.453 e. The highest BCUT2D eigenvalue weighted by Gasteiger charge is 2.46. The van der Waals surface area contributed by atoms with Gasteiger partial charge in [0.05, 0.1) is 39.4 Å². The number of nitrogens with zero attached hydrogens (tertiary/aromatic N) is 4. The Bertz CT molecular complexity index is 2260. The van der Waals surface area contributed by atoms with Gasteiger partial charge in [0.25, 0.3) is 0 Å². The molecule has 2 saturated heterocycles. The third-order valence-electron chi connectivity index (χ3n) is 14.2. The molecule has 2 aromatic carbocycles. The van der Waals surface area contributed by atoms with Crippen LogP contribution in [0.2, 0.25) is 0 Å². The van der Waals surface area contributed by atoms with Gasteiger partial charge in [-0.1, -0.05) is 76.9 Å². The molecular formula is C49H60F2N6O6. The quantitative estimate of drug-likeness (QED) is 0.235. The maximum absolute atomic E-state index is 15.1. The minimum atomic E-state index is -1.19. The van der Waals surface area contributed by atoms with Crippen molar-refractivity contribution in [3.05, 3.63) is 71.1 Å². The van der Waals surface area contributed by atoms with Crippen molar-refractivity contribution in [2.75, 3.05) is 27.3 Å². The minimum Gasteiger partial charge on any atom is -0.453 e. The highest BCUT2D eigenvalue weighted by molar-refractivity contribution is 6.05. The van der Waals surface area contributed by atoms with Crippen molar-refractivity contribution in [2.24, 2.45) is 27.2 Å². The van der Waals surface area contributed by atoms with Crippen LogP contribution in [0.1, 0.15) is 101 Å². The minimum absolute atomic E-state index is 0.0447. The molecule has 0 aromatic heterocycles. The summed E-state index contributed by atoms with van der Waals surface area (Å²) >= 11 is 0. The molecule has 1 saturated carbocycles. The molecule has 63 heavy (non-hydrogen) atoms. The van der Waals surface area contributed by atoms with Crippen LogP contribution in [0.4, 0.5) is 18.4 Å². The van der Waals surface area contributed by atoms with Crippen molar-refractivity contribution in [3.8, 4) is 11.1 Å². The average molecular weight is 867 g/mol. The summed E-state index contributed by atoms with van der Waals surface area (Å²) in [6, 6.07) is 10.3. The number of allylic oxidation sites excluding steroid dienone is 2. The molecule has 14 heteroatoms. The Labute approximate surface area is 368 Å². The summed E-state index contributed by atoms with van der Waals surface area (Å²) in [4.78, 5) is 64.3. The van der Waals surface area contributed by atoms with Crippen molar-refractivity contribution in [1.29, 1.82) is 0 Å². The van der Waals surface area contributed by atoms with Gasteiger partial charge in [-0.3, -0.25) is 19.6 Å². The van der Waals surface area contributed by atoms with E-state index in [2.05, 4.69) is 47.0 Å². The van der Waals surface area contributed by atoms with Gasteiger partial charge in [0.15, 0.2) is 0 Å². The first-order valence-electron chi connectivity index (χ1n) is 22.5. The van der Waals surface area contributed by atoms with E-state index in [1.54, 1.807) is 4.90 Å². The maximum atomic E-state index is 15.1. The second kappa shape index (κ2) is 18.0. The standard InChI is InChI=1S/C49H60F2N6O6/c1-27(2)43(54-47(60)62-5)45(58)56-25-33(50)19-41(56)39-17-31(23-52-39)29-9-11-30(12-10-29)35-13-14-36(38-22-49(21-37(35)38)15-7-8-16-49)32-18-40(53-24-32)42-20-34(51)26-57(42)46(59)44(28(3)4)55-48(61)63-6/h9-14,23-24,27-28,33-34,41-44H,7-8,15-22,25-26H2,1-6H3,(H,54,60)(H,55,61)/t33-,34?,41+,42+,43+,44+/m1/s1. The molecular weight excluding hydrogens is 807 g/mol. The molecule has 4 aliphatic heterocycles. The van der Waals surface area contributed by atoms with Crippen LogP contribution in [-0.4, -0.2) is 109 Å². The molecule has 4 heterocycles. The number of carbonyl (C=O) groups excluding carboxylic acids is 4. The van der Waals surface area contributed by atoms with E-state index in [-0.39, 0.29) is 55.0 Å². The molecule has 12 nitrogen and oxygen atoms in total. The Morgan fingerprint density at radius 1 is 0.667 bits per heavy atom. The van der Waals surface area contributed by atoms with Gasteiger partial charge in [0.2, 0.25) is 11.8 Å². The Kier molecular flexibility index (Phi) is 12.6. The number of methoxy groups -OCH3 is 2. The lowest BCUT2D eigenvalue weighted by atomic mass is 9.82. The lowest BCUT2D eigenvalue weighted by Gasteiger charge is -2.30. The van der Waals surface area contributed by atoms with Crippen molar-refractivity contribution in [3.63, 3.8) is 0 Å². The second-order valence-electron chi connectivity index (χ2n) is 19.1. The van der Waals surface area contributed by atoms with Gasteiger partial charge in [-0.2, -0.15) is 0 Å². The second-order valence-corrected chi connectivity index (χ2v) is 19.1. The number of fused-ring (bicyclic) bond motifs is 1. The van der Waals surface area contributed by atoms with E-state index in [0.717, 1.165) is 46.5 Å². The van der Waals surface area contributed by atoms with E-state index in [4.69, 9.17) is 19.5 Å². The molecule has 6 aliphatic rings. The number of amides is 4. The van der Waals surface area contributed by atoms with Crippen LogP contribution in [0.3, 0.4) is 0 Å². The van der Waals surface area contributed by atoms with Gasteiger partial charge < -0.3 is 29.9 Å². The predicted octanol–water partition coefficient (Wildman–Crippen LogP) is 8.02. The Morgan fingerprint density at radius 3 is 1.60 bits per heavy atom. The van der Waals surface area contributed by atoms with Gasteiger partial charge in [0.1, 0.15) is 24.4 Å². The van der Waals surface area contributed by atoms with Crippen LogP contribution in [0, 0.1) is 17.3 Å². The molecule has 1 unspecified atom stereocenters. The lowest BCUT2D eigenvalue weighted by molar-refractivity contribution is -0.135. The molecule has 8 rings (SSSR count). The number of hydrogen-bond acceptors (Lipinski definition) is 8. The number of carbonyl (C=O) groups is 4. The SMILES string of the molecule is COC(=O)N[C@H](C(=O)N1CC(F)C[C@H]1C1=NC=C(c2ccc(-c3ccc(C4=CN=C([C@@H]5C[C@@H](F)CN5C(=O)[C@@H](NC(=O)OC)C(C)C)C4)cc3)c3c2CC2(CCCC2)C3)C1)C(C)C. The van der Waals surface area contributed by atoms with Gasteiger partial charge in [-0.15, -0.1) is 0 Å². The normalized spacial score (nSPS) is 24.6. The topological polar surface area (TPSA) is 142 Å². The van der Waals surface area contributed by atoms with Crippen LogP contribution in [0.5, 0.6) is 0 Å². The smallest absolute Gasteiger partial charge is 0.407 e. The van der Waals surface area contributed by atoms with E-state index in [9.17, 15) is 23.6 Å². The first kappa shape index (κ1) is 44.2. The Balaban J connectivity index is 0.983. The highest BCUT2D eigenvalue weighted by Crippen LogP contribution is 2.53. The number of likely N-dealkylation sites (tertiary alicyclic amines) is 2. The number of ether oxygens (including phenoxy) is 2.